The zero-order valence-electron chi connectivity index (χ0n) is 17.9. The molecule has 1 aromatic heterocycles. The fraction of sp³-hybridized carbons (Fsp3) is 0.450. The van der Waals surface area contributed by atoms with Crippen LogP contribution >= 0.6 is 0 Å². The summed E-state index contributed by atoms with van der Waals surface area (Å²) in [5.74, 6) is -5.40. The van der Waals surface area contributed by atoms with Gasteiger partial charge >= 0.3 is 0 Å². The number of anilines is 1. The van der Waals surface area contributed by atoms with Crippen LogP contribution in [0.2, 0.25) is 0 Å². The van der Waals surface area contributed by atoms with Crippen LogP contribution in [0, 0.1) is 17.5 Å². The van der Waals surface area contributed by atoms with Gasteiger partial charge in [-0.05, 0) is 26.7 Å². The van der Waals surface area contributed by atoms with E-state index in [0.29, 0.717) is 12.1 Å². The van der Waals surface area contributed by atoms with Gasteiger partial charge in [-0.3, -0.25) is 4.79 Å². The summed E-state index contributed by atoms with van der Waals surface area (Å²) in [5, 5.41) is 12.5. The van der Waals surface area contributed by atoms with E-state index in [9.17, 15) is 31.5 Å². The van der Waals surface area contributed by atoms with Crippen molar-refractivity contribution in [2.45, 2.75) is 57.1 Å². The Hall–Kier alpha value is -2.37. The SMILES string of the molecule is CC.Cn1cc2c(c1C(=O)Nc1cc(F)c(F)c(F)c1)CCC(C(C)(C)O)NS2(=O)=O. The smallest absolute Gasteiger partial charge is 0.272 e. The number of hydrogen-bond acceptors (Lipinski definition) is 4. The third-order valence-electron chi connectivity index (χ3n) is 4.83. The minimum Gasteiger partial charge on any atom is -0.389 e. The Bertz CT molecular complexity index is 1070. The third kappa shape index (κ3) is 5.10. The molecule has 7 nitrogen and oxygen atoms in total. The van der Waals surface area contributed by atoms with Gasteiger partial charge in [0.05, 0.1) is 11.6 Å². The molecule has 0 saturated heterocycles. The van der Waals surface area contributed by atoms with E-state index < -0.39 is 45.0 Å². The molecule has 1 atom stereocenters. The summed E-state index contributed by atoms with van der Waals surface area (Å²) in [7, 11) is -2.56. The molecule has 2 heterocycles. The lowest BCUT2D eigenvalue weighted by Gasteiger charge is -2.28. The summed E-state index contributed by atoms with van der Waals surface area (Å²) in [4.78, 5) is 12.6. The number of hydrogen-bond donors (Lipinski definition) is 3. The molecule has 11 heteroatoms. The zero-order chi connectivity index (χ0) is 23.7. The first-order valence-electron chi connectivity index (χ1n) is 9.70. The second kappa shape index (κ2) is 9.01. The average Bonchev–Trinajstić information content (AvgIpc) is 2.94. The zero-order valence-corrected chi connectivity index (χ0v) is 18.7. The normalized spacial score (nSPS) is 17.8. The van der Waals surface area contributed by atoms with E-state index in [-0.39, 0.29) is 34.7 Å². The fourth-order valence-electron chi connectivity index (χ4n) is 3.33. The minimum absolute atomic E-state index is 0.0214. The average molecular weight is 462 g/mol. The molecule has 0 radical (unpaired) electrons. The van der Waals surface area contributed by atoms with Crippen molar-refractivity contribution in [2.75, 3.05) is 5.32 Å². The topological polar surface area (TPSA) is 100 Å². The highest BCUT2D eigenvalue weighted by molar-refractivity contribution is 7.89. The van der Waals surface area contributed by atoms with E-state index in [2.05, 4.69) is 10.0 Å². The molecule has 1 amide bonds. The van der Waals surface area contributed by atoms with E-state index in [4.69, 9.17) is 0 Å². The first-order valence-corrected chi connectivity index (χ1v) is 11.2. The van der Waals surface area contributed by atoms with E-state index >= 15 is 0 Å². The van der Waals surface area contributed by atoms with Gasteiger partial charge in [0.1, 0.15) is 10.6 Å². The van der Waals surface area contributed by atoms with Crippen LogP contribution in [0.4, 0.5) is 18.9 Å². The Labute approximate surface area is 179 Å². The number of aliphatic hydroxyl groups is 1. The number of nitrogens with one attached hydrogen (secondary N) is 2. The predicted octanol–water partition coefficient (Wildman–Crippen LogP) is 3.08. The van der Waals surface area contributed by atoms with Gasteiger partial charge in [-0.1, -0.05) is 13.8 Å². The van der Waals surface area contributed by atoms with Gasteiger partial charge < -0.3 is 15.0 Å². The van der Waals surface area contributed by atoms with Crippen LogP contribution in [0.3, 0.4) is 0 Å². The Morgan fingerprint density at radius 2 is 1.77 bits per heavy atom. The number of sulfonamides is 1. The van der Waals surface area contributed by atoms with Crippen LogP contribution in [-0.4, -0.2) is 35.6 Å². The summed E-state index contributed by atoms with van der Waals surface area (Å²) in [5.41, 5.74) is -1.45. The largest absolute Gasteiger partial charge is 0.389 e. The number of carbonyl (C=O) groups excluding carboxylic acids is 1. The lowest BCUT2D eigenvalue weighted by molar-refractivity contribution is 0.0434. The number of nitrogens with zero attached hydrogens (tertiary/aromatic N) is 1. The Kier molecular flexibility index (Phi) is 7.24. The summed E-state index contributed by atoms with van der Waals surface area (Å²) in [6, 6.07) is 0.475. The maximum atomic E-state index is 13.4. The number of aryl methyl sites for hydroxylation is 1. The van der Waals surface area contributed by atoms with Crippen LogP contribution in [0.25, 0.3) is 0 Å². The Morgan fingerprint density at radius 3 is 2.29 bits per heavy atom. The number of benzene rings is 1. The molecular weight excluding hydrogens is 435 g/mol. The quantitative estimate of drug-likeness (QED) is 0.612. The van der Waals surface area contributed by atoms with Gasteiger partial charge in [0.25, 0.3) is 5.91 Å². The molecule has 3 rings (SSSR count). The van der Waals surface area contributed by atoms with Crippen molar-refractivity contribution in [3.8, 4) is 0 Å². The molecule has 1 unspecified atom stereocenters. The third-order valence-corrected chi connectivity index (χ3v) is 6.35. The summed E-state index contributed by atoms with van der Waals surface area (Å²) in [6.45, 7) is 6.95. The highest BCUT2D eigenvalue weighted by Crippen LogP contribution is 2.30. The summed E-state index contributed by atoms with van der Waals surface area (Å²) in [6.07, 6.45) is 1.64. The number of amides is 1. The predicted molar refractivity (Wildman–Crippen MR) is 110 cm³/mol. The molecule has 1 aliphatic rings. The van der Waals surface area contributed by atoms with Gasteiger partial charge in [0.2, 0.25) is 10.0 Å². The number of carbonyl (C=O) groups is 1. The number of aromatic nitrogens is 1. The van der Waals surface area contributed by atoms with Gasteiger partial charge in [-0.25, -0.2) is 26.3 Å². The summed E-state index contributed by atoms with van der Waals surface area (Å²) >= 11 is 0. The van der Waals surface area contributed by atoms with Crippen LogP contribution in [-0.2, 0) is 23.5 Å². The standard InChI is InChI=1S/C18H20F3N3O4S.C2H6/c1-18(2,26)14-5-4-10-13(29(27,28)23-14)8-24(3)16(10)17(25)22-9-6-11(19)15(21)12(20)7-9;1-2/h6-8,14,23,26H,4-5H2,1-3H3,(H,22,25);1-2H3. The maximum absolute atomic E-state index is 13.4. The van der Waals surface area contributed by atoms with Gasteiger partial charge in [0.15, 0.2) is 17.5 Å². The van der Waals surface area contributed by atoms with Crippen molar-refractivity contribution in [3.05, 3.63) is 47.0 Å². The van der Waals surface area contributed by atoms with Gasteiger partial charge in [-0.15, -0.1) is 0 Å². The second-order valence-corrected chi connectivity index (χ2v) is 9.19. The van der Waals surface area contributed by atoms with Crippen molar-refractivity contribution in [1.29, 1.82) is 0 Å². The van der Waals surface area contributed by atoms with Crippen LogP contribution < -0.4 is 10.0 Å². The first kappa shape index (κ1) is 24.9. The van der Waals surface area contributed by atoms with Crippen molar-refractivity contribution >= 4 is 21.6 Å². The van der Waals surface area contributed by atoms with E-state index in [1.165, 1.54) is 31.7 Å². The molecule has 0 saturated carbocycles. The van der Waals surface area contributed by atoms with Crippen molar-refractivity contribution < 1.29 is 31.5 Å². The Balaban J connectivity index is 0.00000166. The number of fused-ring (bicyclic) bond motifs is 1. The molecule has 0 fully saturated rings. The molecule has 1 aliphatic heterocycles. The second-order valence-electron chi connectivity index (χ2n) is 7.51. The molecule has 172 valence electrons. The molecule has 3 N–H and O–H groups in total. The molecule has 2 aromatic rings. The highest BCUT2D eigenvalue weighted by Gasteiger charge is 2.38. The highest BCUT2D eigenvalue weighted by atomic mass is 32.2. The van der Waals surface area contributed by atoms with Gasteiger partial charge in [0, 0.05) is 36.6 Å². The van der Waals surface area contributed by atoms with Gasteiger partial charge in [-0.2, -0.15) is 0 Å². The maximum Gasteiger partial charge on any atom is 0.272 e. The lowest BCUT2D eigenvalue weighted by Crippen LogP contribution is -2.48. The summed E-state index contributed by atoms with van der Waals surface area (Å²) < 4.78 is 69.1. The van der Waals surface area contributed by atoms with Crippen molar-refractivity contribution in [2.24, 2.45) is 7.05 Å². The monoisotopic (exact) mass is 461 g/mol. The van der Waals surface area contributed by atoms with Crippen molar-refractivity contribution in [1.82, 2.24) is 9.29 Å². The molecule has 0 bridgehead atoms. The molecule has 0 spiro atoms. The molecular formula is C20H26F3N3O4S. The van der Waals surface area contributed by atoms with Crippen LogP contribution in [0.15, 0.2) is 23.2 Å². The van der Waals surface area contributed by atoms with E-state index in [1.54, 1.807) is 0 Å². The van der Waals surface area contributed by atoms with E-state index in [1.807, 2.05) is 13.8 Å². The minimum atomic E-state index is -4.02. The Morgan fingerprint density at radius 1 is 1.23 bits per heavy atom. The van der Waals surface area contributed by atoms with Crippen LogP contribution in [0.1, 0.15) is 50.2 Å². The van der Waals surface area contributed by atoms with Crippen molar-refractivity contribution in [3.63, 3.8) is 0 Å². The number of rotatable bonds is 3. The molecule has 1 aromatic carbocycles. The fourth-order valence-corrected chi connectivity index (χ4v) is 5.06. The van der Waals surface area contributed by atoms with E-state index in [0.717, 1.165) is 0 Å². The molecule has 31 heavy (non-hydrogen) atoms. The number of halogens is 3. The van der Waals surface area contributed by atoms with Crippen LogP contribution in [0.5, 0.6) is 0 Å². The molecule has 0 aliphatic carbocycles. The lowest BCUT2D eigenvalue weighted by atomic mass is 9.93. The first-order chi connectivity index (χ1) is 14.3.